The number of anilines is 2. The van der Waals surface area contributed by atoms with Crippen molar-refractivity contribution in [1.29, 1.82) is 0 Å². The first-order chi connectivity index (χ1) is 7.34. The predicted octanol–water partition coefficient (Wildman–Crippen LogP) is 3.23. The summed E-state index contributed by atoms with van der Waals surface area (Å²) < 4.78 is 1.18. The first-order valence-electron chi connectivity index (χ1n) is 5.65. The maximum atomic E-state index is 3.56. The molecule has 1 saturated heterocycles. The maximum absolute atomic E-state index is 3.56. The number of benzene rings is 1. The van der Waals surface area contributed by atoms with E-state index in [0.29, 0.717) is 0 Å². The number of fused-ring (bicyclic) bond motifs is 3. The van der Waals surface area contributed by atoms with E-state index in [9.17, 15) is 0 Å². The fourth-order valence-electron chi connectivity index (χ4n) is 2.72. The minimum Gasteiger partial charge on any atom is -0.383 e. The summed E-state index contributed by atoms with van der Waals surface area (Å²) in [5.74, 6) is 0. The Labute approximate surface area is 98.8 Å². The molecule has 2 aliphatic heterocycles. The van der Waals surface area contributed by atoms with Crippen LogP contribution in [-0.4, -0.2) is 19.1 Å². The summed E-state index contributed by atoms with van der Waals surface area (Å²) in [5.41, 5.74) is 2.67. The monoisotopic (exact) mass is 266 g/mol. The highest BCUT2D eigenvalue weighted by Gasteiger charge is 2.28. The molecule has 1 unspecified atom stereocenters. The van der Waals surface area contributed by atoms with Crippen molar-refractivity contribution in [2.45, 2.75) is 25.3 Å². The van der Waals surface area contributed by atoms with Gasteiger partial charge in [0.25, 0.3) is 0 Å². The van der Waals surface area contributed by atoms with E-state index in [-0.39, 0.29) is 0 Å². The Kier molecular flexibility index (Phi) is 2.35. The lowest BCUT2D eigenvalue weighted by Gasteiger charge is -2.25. The molecule has 1 atom stereocenters. The van der Waals surface area contributed by atoms with Crippen LogP contribution >= 0.6 is 15.9 Å². The third-order valence-corrected chi connectivity index (χ3v) is 3.93. The van der Waals surface area contributed by atoms with Gasteiger partial charge in [-0.1, -0.05) is 15.9 Å². The molecule has 0 bridgehead atoms. The van der Waals surface area contributed by atoms with Gasteiger partial charge in [-0.2, -0.15) is 0 Å². The van der Waals surface area contributed by atoms with Crippen molar-refractivity contribution in [3.05, 3.63) is 22.7 Å². The molecule has 80 valence electrons. The number of nitrogens with zero attached hydrogens (tertiary/aromatic N) is 1. The lowest BCUT2D eigenvalue weighted by Crippen LogP contribution is -2.28. The van der Waals surface area contributed by atoms with Crippen LogP contribution in [0.25, 0.3) is 0 Å². The van der Waals surface area contributed by atoms with Crippen LogP contribution < -0.4 is 10.2 Å². The number of rotatable bonds is 0. The van der Waals surface area contributed by atoms with Crippen LogP contribution in [0.1, 0.15) is 19.3 Å². The van der Waals surface area contributed by atoms with Gasteiger partial charge in [-0.25, -0.2) is 0 Å². The highest BCUT2D eigenvalue weighted by atomic mass is 79.9. The zero-order valence-electron chi connectivity index (χ0n) is 8.67. The number of hydrogen-bond acceptors (Lipinski definition) is 2. The van der Waals surface area contributed by atoms with Crippen molar-refractivity contribution >= 4 is 27.3 Å². The van der Waals surface area contributed by atoms with E-state index >= 15 is 0 Å². The van der Waals surface area contributed by atoms with Crippen LogP contribution in [0.2, 0.25) is 0 Å². The average molecular weight is 267 g/mol. The third kappa shape index (κ3) is 1.63. The van der Waals surface area contributed by atoms with Crippen LogP contribution in [0.4, 0.5) is 11.4 Å². The van der Waals surface area contributed by atoms with Gasteiger partial charge in [-0.15, -0.1) is 0 Å². The summed E-state index contributed by atoms with van der Waals surface area (Å²) >= 11 is 3.56. The van der Waals surface area contributed by atoms with Crippen molar-refractivity contribution in [3.63, 3.8) is 0 Å². The van der Waals surface area contributed by atoms with Crippen molar-refractivity contribution in [2.24, 2.45) is 0 Å². The molecule has 0 radical (unpaired) electrons. The molecule has 1 N–H and O–H groups in total. The fraction of sp³-hybridized carbons (Fsp3) is 0.500. The van der Waals surface area contributed by atoms with Crippen molar-refractivity contribution < 1.29 is 0 Å². The zero-order valence-corrected chi connectivity index (χ0v) is 10.3. The summed E-state index contributed by atoms with van der Waals surface area (Å²) in [4.78, 5) is 2.57. The van der Waals surface area contributed by atoms with Gasteiger partial charge < -0.3 is 10.2 Å². The van der Waals surface area contributed by atoms with E-state index in [1.807, 2.05) is 0 Å². The SMILES string of the molecule is Brc1ccc2c(c1)N1CCCC1CCN2. The summed E-state index contributed by atoms with van der Waals surface area (Å²) in [6.07, 6.45) is 3.97. The van der Waals surface area contributed by atoms with Crippen LogP contribution in [0, 0.1) is 0 Å². The Morgan fingerprint density at radius 2 is 2.27 bits per heavy atom. The highest BCUT2D eigenvalue weighted by Crippen LogP contribution is 2.37. The standard InChI is InChI=1S/C12H15BrN2/c13-9-3-4-11-12(8-9)15-7-1-2-10(15)5-6-14-11/h3-4,8,10,14H,1-2,5-7H2. The Balaban J connectivity index is 2.06. The largest absolute Gasteiger partial charge is 0.383 e. The highest BCUT2D eigenvalue weighted by molar-refractivity contribution is 9.10. The molecule has 3 heteroatoms. The van der Waals surface area contributed by atoms with E-state index in [1.165, 1.54) is 41.7 Å². The van der Waals surface area contributed by atoms with Crippen molar-refractivity contribution in [1.82, 2.24) is 0 Å². The Morgan fingerprint density at radius 3 is 3.20 bits per heavy atom. The molecule has 2 nitrogen and oxygen atoms in total. The second-order valence-electron chi connectivity index (χ2n) is 4.37. The van der Waals surface area contributed by atoms with Crippen molar-refractivity contribution in [2.75, 3.05) is 23.3 Å². The lowest BCUT2D eigenvalue weighted by molar-refractivity contribution is 0.638. The number of halogens is 1. The molecule has 2 heterocycles. The average Bonchev–Trinajstić information content (AvgIpc) is 2.62. The van der Waals surface area contributed by atoms with E-state index < -0.39 is 0 Å². The molecule has 15 heavy (non-hydrogen) atoms. The van der Waals surface area contributed by atoms with Gasteiger partial charge in [0.1, 0.15) is 0 Å². The van der Waals surface area contributed by atoms with Crippen LogP contribution in [0.15, 0.2) is 22.7 Å². The van der Waals surface area contributed by atoms with Crippen LogP contribution in [0.5, 0.6) is 0 Å². The van der Waals surface area contributed by atoms with Gasteiger partial charge in [-0.05, 0) is 37.5 Å². The first-order valence-corrected chi connectivity index (χ1v) is 6.44. The lowest BCUT2D eigenvalue weighted by atomic mass is 10.1. The summed E-state index contributed by atoms with van der Waals surface area (Å²) in [5, 5.41) is 3.52. The molecule has 3 rings (SSSR count). The van der Waals surface area contributed by atoms with Crippen LogP contribution in [-0.2, 0) is 0 Å². The number of nitrogens with one attached hydrogen (secondary N) is 1. The van der Waals surface area contributed by atoms with Gasteiger partial charge in [0.05, 0.1) is 11.4 Å². The molecule has 2 aliphatic rings. The topological polar surface area (TPSA) is 15.3 Å². The summed E-state index contributed by atoms with van der Waals surface area (Å²) in [7, 11) is 0. The smallest absolute Gasteiger partial charge is 0.0615 e. The molecule has 0 aromatic heterocycles. The normalized spacial score (nSPS) is 24.1. The molecule has 1 aromatic carbocycles. The van der Waals surface area contributed by atoms with Crippen LogP contribution in [0.3, 0.4) is 0 Å². The van der Waals surface area contributed by atoms with Gasteiger partial charge in [0.15, 0.2) is 0 Å². The van der Waals surface area contributed by atoms with E-state index in [2.05, 4.69) is 44.3 Å². The molecule has 1 aromatic rings. The number of hydrogen-bond donors (Lipinski definition) is 1. The first kappa shape index (κ1) is 9.52. The molecular formula is C12H15BrN2. The Morgan fingerprint density at radius 1 is 1.33 bits per heavy atom. The summed E-state index contributed by atoms with van der Waals surface area (Å²) in [6, 6.07) is 7.29. The molecule has 0 spiro atoms. The van der Waals surface area contributed by atoms with E-state index in [1.54, 1.807) is 0 Å². The molecule has 0 aliphatic carbocycles. The van der Waals surface area contributed by atoms with E-state index in [0.717, 1.165) is 12.6 Å². The van der Waals surface area contributed by atoms with Gasteiger partial charge in [0, 0.05) is 23.6 Å². The molecule has 0 amide bonds. The minimum absolute atomic E-state index is 0.757. The van der Waals surface area contributed by atoms with Gasteiger partial charge >= 0.3 is 0 Å². The van der Waals surface area contributed by atoms with Gasteiger partial charge in [0.2, 0.25) is 0 Å². The molecular weight excluding hydrogens is 252 g/mol. The molecule has 0 saturated carbocycles. The quantitative estimate of drug-likeness (QED) is 0.776. The third-order valence-electron chi connectivity index (χ3n) is 3.44. The Hall–Kier alpha value is -0.700. The molecule has 1 fully saturated rings. The summed E-state index contributed by atoms with van der Waals surface area (Å²) in [6.45, 7) is 2.32. The maximum Gasteiger partial charge on any atom is 0.0615 e. The zero-order chi connectivity index (χ0) is 10.3. The predicted molar refractivity (Wildman–Crippen MR) is 67.6 cm³/mol. The Bertz CT molecular complexity index is 378. The van der Waals surface area contributed by atoms with Crippen molar-refractivity contribution in [3.8, 4) is 0 Å². The van der Waals surface area contributed by atoms with Gasteiger partial charge in [-0.3, -0.25) is 0 Å². The van der Waals surface area contributed by atoms with E-state index in [4.69, 9.17) is 0 Å². The fourth-order valence-corrected chi connectivity index (χ4v) is 3.07. The minimum atomic E-state index is 0.757. The second kappa shape index (κ2) is 3.71. The second-order valence-corrected chi connectivity index (χ2v) is 5.28.